The van der Waals surface area contributed by atoms with Crippen molar-refractivity contribution in [2.75, 3.05) is 0 Å². The number of hydrogen-bond acceptors (Lipinski definition) is 4. The Hall–Kier alpha value is -1.75. The van der Waals surface area contributed by atoms with Crippen LogP contribution < -0.4 is 5.73 Å². The zero-order valence-corrected chi connectivity index (χ0v) is 9.77. The average Bonchev–Trinajstić information content (AvgIpc) is 2.76. The fourth-order valence-corrected chi connectivity index (χ4v) is 1.64. The number of nitrogens with two attached hydrogens (primary N) is 1. The largest absolute Gasteiger partial charge is 0.338 e. The molecule has 0 aliphatic rings. The molecule has 0 unspecified atom stereocenters. The predicted molar refractivity (Wildman–Crippen MR) is 61.8 cm³/mol. The molecule has 1 aromatic heterocycles. The third kappa shape index (κ3) is 2.34. The highest BCUT2D eigenvalue weighted by Gasteiger charge is 2.24. The molecule has 17 heavy (non-hydrogen) atoms. The first kappa shape index (κ1) is 11.7. The second-order valence-corrected chi connectivity index (χ2v) is 4.23. The van der Waals surface area contributed by atoms with Gasteiger partial charge in [0.2, 0.25) is 11.7 Å². The van der Waals surface area contributed by atoms with Crippen molar-refractivity contribution in [2.45, 2.75) is 26.1 Å². The molecule has 0 aliphatic carbocycles. The van der Waals surface area contributed by atoms with E-state index in [0.717, 1.165) is 0 Å². The number of rotatable bonds is 3. The van der Waals surface area contributed by atoms with E-state index in [1.165, 1.54) is 13.8 Å². The maximum atomic E-state index is 14.0. The molecule has 0 fully saturated rings. The van der Waals surface area contributed by atoms with Crippen LogP contribution in [0.2, 0.25) is 0 Å². The third-order valence-corrected chi connectivity index (χ3v) is 2.45. The van der Waals surface area contributed by atoms with Gasteiger partial charge in [-0.15, -0.1) is 0 Å². The van der Waals surface area contributed by atoms with Gasteiger partial charge in [-0.3, -0.25) is 0 Å². The van der Waals surface area contributed by atoms with Crippen molar-refractivity contribution in [3.63, 3.8) is 0 Å². The summed E-state index contributed by atoms with van der Waals surface area (Å²) in [5.41, 5.74) is 5.10. The van der Waals surface area contributed by atoms with Crippen LogP contribution in [-0.4, -0.2) is 10.1 Å². The molecule has 1 heterocycles. The molecule has 0 bridgehead atoms. The Morgan fingerprint density at radius 3 is 2.65 bits per heavy atom. The molecule has 2 aromatic rings. The van der Waals surface area contributed by atoms with Crippen molar-refractivity contribution in [1.82, 2.24) is 10.1 Å². The van der Waals surface area contributed by atoms with E-state index in [9.17, 15) is 4.39 Å². The van der Waals surface area contributed by atoms with Gasteiger partial charge in [0, 0.05) is 5.56 Å². The van der Waals surface area contributed by atoms with Crippen LogP contribution in [-0.2, 0) is 12.2 Å². The summed E-state index contributed by atoms with van der Waals surface area (Å²) in [6, 6.07) is 7.07. The summed E-state index contributed by atoms with van der Waals surface area (Å²) in [5.74, 6) is 0.707. The van der Waals surface area contributed by atoms with Crippen LogP contribution in [0.1, 0.15) is 25.3 Å². The summed E-state index contributed by atoms with van der Waals surface area (Å²) >= 11 is 0. The fraction of sp³-hybridized carbons (Fsp3) is 0.333. The molecule has 2 N–H and O–H groups in total. The minimum absolute atomic E-state index is 0.175. The Balaban J connectivity index is 2.52. The van der Waals surface area contributed by atoms with E-state index >= 15 is 0 Å². The van der Waals surface area contributed by atoms with Gasteiger partial charge in [0.1, 0.15) is 5.67 Å². The van der Waals surface area contributed by atoms with Gasteiger partial charge in [-0.1, -0.05) is 29.4 Å². The molecule has 0 spiro atoms. The molecular weight excluding hydrogens is 221 g/mol. The van der Waals surface area contributed by atoms with Crippen LogP contribution in [0, 0.1) is 0 Å². The van der Waals surface area contributed by atoms with E-state index in [-0.39, 0.29) is 6.54 Å². The lowest BCUT2D eigenvalue weighted by atomic mass is 9.94. The van der Waals surface area contributed by atoms with Crippen LogP contribution in [0.5, 0.6) is 0 Å². The highest BCUT2D eigenvalue weighted by molar-refractivity contribution is 5.61. The first-order valence-electron chi connectivity index (χ1n) is 5.34. The lowest BCUT2D eigenvalue weighted by Crippen LogP contribution is -2.11. The Morgan fingerprint density at radius 2 is 2.06 bits per heavy atom. The lowest BCUT2D eigenvalue weighted by molar-refractivity contribution is 0.222. The summed E-state index contributed by atoms with van der Waals surface area (Å²) in [7, 11) is 0. The molecule has 90 valence electrons. The molecule has 1 aromatic carbocycles. The van der Waals surface area contributed by atoms with Gasteiger partial charge in [-0.05, 0) is 19.4 Å². The molecule has 0 saturated heterocycles. The zero-order chi connectivity index (χ0) is 12.5. The summed E-state index contributed by atoms with van der Waals surface area (Å²) in [4.78, 5) is 4.10. The van der Waals surface area contributed by atoms with E-state index in [0.29, 0.717) is 22.8 Å². The zero-order valence-electron chi connectivity index (χ0n) is 9.77. The number of halogens is 1. The number of aromatic nitrogens is 2. The SMILES string of the molecule is CC(C)(F)c1ccccc1-c1noc(CN)n1. The van der Waals surface area contributed by atoms with Crippen molar-refractivity contribution in [2.24, 2.45) is 5.73 Å². The van der Waals surface area contributed by atoms with Crippen molar-refractivity contribution >= 4 is 0 Å². The molecule has 0 atom stereocenters. The molecule has 0 amide bonds. The Bertz CT molecular complexity index is 516. The van der Waals surface area contributed by atoms with Crippen molar-refractivity contribution in [3.8, 4) is 11.4 Å². The quantitative estimate of drug-likeness (QED) is 0.887. The summed E-state index contributed by atoms with van der Waals surface area (Å²) in [5, 5.41) is 3.80. The maximum absolute atomic E-state index is 14.0. The summed E-state index contributed by atoms with van der Waals surface area (Å²) in [6.45, 7) is 3.17. The minimum atomic E-state index is -1.46. The topological polar surface area (TPSA) is 64.9 Å². The number of alkyl halides is 1. The van der Waals surface area contributed by atoms with Gasteiger partial charge in [0.05, 0.1) is 6.54 Å². The first-order valence-corrected chi connectivity index (χ1v) is 5.34. The number of nitrogens with zero attached hydrogens (tertiary/aromatic N) is 2. The van der Waals surface area contributed by atoms with Crippen molar-refractivity contribution in [1.29, 1.82) is 0 Å². The minimum Gasteiger partial charge on any atom is -0.338 e. The van der Waals surface area contributed by atoms with Crippen LogP contribution in [0.25, 0.3) is 11.4 Å². The van der Waals surface area contributed by atoms with Crippen molar-refractivity contribution < 1.29 is 8.91 Å². The summed E-state index contributed by atoms with van der Waals surface area (Å²) in [6.07, 6.45) is 0. The van der Waals surface area contributed by atoms with E-state index in [1.54, 1.807) is 18.2 Å². The Morgan fingerprint density at radius 1 is 1.35 bits per heavy atom. The molecule has 5 heteroatoms. The molecule has 0 radical (unpaired) electrons. The second kappa shape index (κ2) is 4.25. The lowest BCUT2D eigenvalue weighted by Gasteiger charge is -2.17. The van der Waals surface area contributed by atoms with Crippen LogP contribution in [0.3, 0.4) is 0 Å². The van der Waals surface area contributed by atoms with Gasteiger partial charge in [-0.25, -0.2) is 4.39 Å². The normalized spacial score (nSPS) is 11.8. The predicted octanol–water partition coefficient (Wildman–Crippen LogP) is 2.40. The van der Waals surface area contributed by atoms with Crippen LogP contribution >= 0.6 is 0 Å². The smallest absolute Gasteiger partial charge is 0.240 e. The van der Waals surface area contributed by atoms with Gasteiger partial charge in [0.15, 0.2) is 0 Å². The molecule has 0 saturated carbocycles. The standard InChI is InChI=1S/C12H14FN3O/c1-12(2,13)9-6-4-3-5-8(9)11-15-10(7-14)17-16-11/h3-6H,7,14H2,1-2H3. The van der Waals surface area contributed by atoms with Gasteiger partial charge in [-0.2, -0.15) is 4.98 Å². The Kier molecular flexibility index (Phi) is 2.93. The second-order valence-electron chi connectivity index (χ2n) is 4.23. The number of benzene rings is 1. The van der Waals surface area contributed by atoms with Crippen LogP contribution in [0.15, 0.2) is 28.8 Å². The third-order valence-electron chi connectivity index (χ3n) is 2.45. The van der Waals surface area contributed by atoms with Gasteiger partial charge < -0.3 is 10.3 Å². The first-order chi connectivity index (χ1) is 8.02. The average molecular weight is 235 g/mol. The summed E-state index contributed by atoms with van der Waals surface area (Å²) < 4.78 is 19.0. The molecule has 0 aliphatic heterocycles. The van der Waals surface area contributed by atoms with E-state index in [2.05, 4.69) is 10.1 Å². The van der Waals surface area contributed by atoms with Crippen LogP contribution in [0.4, 0.5) is 4.39 Å². The molecule has 2 rings (SSSR count). The van der Waals surface area contributed by atoms with E-state index in [1.807, 2.05) is 6.07 Å². The number of hydrogen-bond donors (Lipinski definition) is 1. The maximum Gasteiger partial charge on any atom is 0.240 e. The van der Waals surface area contributed by atoms with E-state index < -0.39 is 5.67 Å². The van der Waals surface area contributed by atoms with Gasteiger partial charge >= 0.3 is 0 Å². The van der Waals surface area contributed by atoms with E-state index in [4.69, 9.17) is 10.3 Å². The molecule has 4 nitrogen and oxygen atoms in total. The molecular formula is C12H14FN3O. The highest BCUT2D eigenvalue weighted by Crippen LogP contribution is 2.32. The van der Waals surface area contributed by atoms with Crippen molar-refractivity contribution in [3.05, 3.63) is 35.7 Å². The highest BCUT2D eigenvalue weighted by atomic mass is 19.1. The van der Waals surface area contributed by atoms with Gasteiger partial charge in [0.25, 0.3) is 0 Å². The Labute approximate surface area is 98.6 Å². The monoisotopic (exact) mass is 235 g/mol. The fourth-order valence-electron chi connectivity index (χ4n) is 1.64.